The van der Waals surface area contributed by atoms with Gasteiger partial charge in [0.05, 0.1) is 25.5 Å². The lowest BCUT2D eigenvalue weighted by Gasteiger charge is -2.14. The molecule has 0 radical (unpaired) electrons. The Morgan fingerprint density at radius 3 is 2.43 bits per heavy atom. The zero-order valence-electron chi connectivity index (χ0n) is 12.6. The van der Waals surface area contributed by atoms with Crippen LogP contribution in [0.25, 0.3) is 0 Å². The van der Waals surface area contributed by atoms with Crippen LogP contribution in [0.5, 0.6) is 11.5 Å². The number of rotatable bonds is 7. The highest BCUT2D eigenvalue weighted by atomic mass is 16.5. The average molecular weight is 286 g/mol. The van der Waals surface area contributed by atoms with Crippen LogP contribution >= 0.6 is 0 Å². The molecule has 1 atom stereocenters. The molecule has 0 saturated heterocycles. The zero-order valence-corrected chi connectivity index (χ0v) is 12.6. The van der Waals surface area contributed by atoms with Crippen molar-refractivity contribution in [2.45, 2.75) is 26.3 Å². The monoisotopic (exact) mass is 286 g/mol. The lowest BCUT2D eigenvalue weighted by atomic mass is 10.0. The minimum Gasteiger partial charge on any atom is -0.494 e. The van der Waals surface area contributed by atoms with Gasteiger partial charge in [-0.2, -0.15) is 0 Å². The number of pyridine rings is 1. The van der Waals surface area contributed by atoms with Crippen molar-refractivity contribution in [1.82, 2.24) is 4.98 Å². The normalized spacial score (nSPS) is 12.0. The summed E-state index contributed by atoms with van der Waals surface area (Å²) in [7, 11) is 0. The summed E-state index contributed by atoms with van der Waals surface area (Å²) in [4.78, 5) is 4.20. The van der Waals surface area contributed by atoms with E-state index in [4.69, 9.17) is 15.2 Å². The third-order valence-electron chi connectivity index (χ3n) is 3.12. The molecule has 4 nitrogen and oxygen atoms in total. The molecule has 0 aliphatic rings. The van der Waals surface area contributed by atoms with Crippen molar-refractivity contribution in [1.29, 1.82) is 0 Å². The molecule has 1 aromatic heterocycles. The molecule has 1 unspecified atom stereocenters. The van der Waals surface area contributed by atoms with Gasteiger partial charge in [0, 0.05) is 6.20 Å². The van der Waals surface area contributed by atoms with Crippen molar-refractivity contribution in [2.75, 3.05) is 13.2 Å². The van der Waals surface area contributed by atoms with Gasteiger partial charge in [0.25, 0.3) is 0 Å². The number of nitrogens with zero attached hydrogens (tertiary/aromatic N) is 1. The van der Waals surface area contributed by atoms with Crippen LogP contribution in [0.1, 0.15) is 37.4 Å². The van der Waals surface area contributed by atoms with Crippen LogP contribution in [0.15, 0.2) is 42.7 Å². The first-order valence-electron chi connectivity index (χ1n) is 7.30. The summed E-state index contributed by atoms with van der Waals surface area (Å²) in [6, 6.07) is 9.56. The van der Waals surface area contributed by atoms with Crippen LogP contribution in [0.2, 0.25) is 0 Å². The lowest BCUT2D eigenvalue weighted by molar-refractivity contribution is 0.315. The van der Waals surface area contributed by atoms with Crippen LogP contribution in [-0.2, 0) is 0 Å². The number of benzene rings is 1. The third kappa shape index (κ3) is 4.20. The SMILES string of the molecule is CCCOc1cncc(C(N)c2ccc(OCC)cc2)c1. The molecule has 0 spiro atoms. The highest BCUT2D eigenvalue weighted by Crippen LogP contribution is 2.24. The molecule has 0 fully saturated rings. The summed E-state index contributed by atoms with van der Waals surface area (Å²) in [5.74, 6) is 1.61. The molecular weight excluding hydrogens is 264 g/mol. The molecule has 112 valence electrons. The first kappa shape index (κ1) is 15.3. The number of nitrogens with two attached hydrogens (primary N) is 1. The second kappa shape index (κ2) is 7.64. The molecule has 0 bridgehead atoms. The summed E-state index contributed by atoms with van der Waals surface area (Å²) in [6.07, 6.45) is 4.46. The molecule has 21 heavy (non-hydrogen) atoms. The molecule has 1 heterocycles. The van der Waals surface area contributed by atoms with E-state index in [-0.39, 0.29) is 6.04 Å². The molecule has 0 aliphatic carbocycles. The van der Waals surface area contributed by atoms with E-state index in [0.29, 0.717) is 13.2 Å². The van der Waals surface area contributed by atoms with E-state index in [1.54, 1.807) is 12.4 Å². The summed E-state index contributed by atoms with van der Waals surface area (Å²) < 4.78 is 11.0. The van der Waals surface area contributed by atoms with Gasteiger partial charge in [-0.05, 0) is 42.7 Å². The number of hydrogen-bond acceptors (Lipinski definition) is 4. The molecule has 0 saturated carbocycles. The number of ether oxygens (including phenoxy) is 2. The molecule has 0 amide bonds. The van der Waals surface area contributed by atoms with E-state index < -0.39 is 0 Å². The molecule has 4 heteroatoms. The van der Waals surface area contributed by atoms with Crippen molar-refractivity contribution in [3.63, 3.8) is 0 Å². The highest BCUT2D eigenvalue weighted by Gasteiger charge is 2.10. The van der Waals surface area contributed by atoms with E-state index in [1.807, 2.05) is 37.3 Å². The highest BCUT2D eigenvalue weighted by molar-refractivity contribution is 5.36. The Labute approximate surface area is 125 Å². The van der Waals surface area contributed by atoms with Gasteiger partial charge in [-0.1, -0.05) is 19.1 Å². The van der Waals surface area contributed by atoms with Crippen molar-refractivity contribution >= 4 is 0 Å². The van der Waals surface area contributed by atoms with Gasteiger partial charge < -0.3 is 15.2 Å². The van der Waals surface area contributed by atoms with Gasteiger partial charge in [0.2, 0.25) is 0 Å². The van der Waals surface area contributed by atoms with Crippen molar-refractivity contribution < 1.29 is 9.47 Å². The Morgan fingerprint density at radius 1 is 1.00 bits per heavy atom. The molecule has 2 N–H and O–H groups in total. The molecular formula is C17H22N2O2. The molecule has 0 aliphatic heterocycles. The Bertz CT molecular complexity index is 555. The van der Waals surface area contributed by atoms with E-state index in [0.717, 1.165) is 29.0 Å². The van der Waals surface area contributed by atoms with Crippen LogP contribution in [-0.4, -0.2) is 18.2 Å². The molecule has 2 rings (SSSR count). The maximum absolute atomic E-state index is 6.30. The summed E-state index contributed by atoms with van der Waals surface area (Å²) in [6.45, 7) is 5.38. The predicted molar refractivity (Wildman–Crippen MR) is 83.7 cm³/mol. The van der Waals surface area contributed by atoms with Gasteiger partial charge in [0.15, 0.2) is 0 Å². The average Bonchev–Trinajstić information content (AvgIpc) is 2.53. The van der Waals surface area contributed by atoms with Crippen molar-refractivity contribution in [3.05, 3.63) is 53.9 Å². The van der Waals surface area contributed by atoms with Gasteiger partial charge in [0.1, 0.15) is 11.5 Å². The molecule has 2 aromatic rings. The van der Waals surface area contributed by atoms with Crippen LogP contribution in [0.4, 0.5) is 0 Å². The van der Waals surface area contributed by atoms with Gasteiger partial charge in [-0.25, -0.2) is 0 Å². The van der Waals surface area contributed by atoms with Crippen LogP contribution in [0.3, 0.4) is 0 Å². The predicted octanol–water partition coefficient (Wildman–Crippen LogP) is 3.32. The maximum atomic E-state index is 6.30. The van der Waals surface area contributed by atoms with Crippen LogP contribution < -0.4 is 15.2 Å². The Kier molecular flexibility index (Phi) is 5.58. The standard InChI is InChI=1S/C17H22N2O2/c1-3-9-21-16-10-14(11-19-12-16)17(18)13-5-7-15(8-6-13)20-4-2/h5-8,10-12,17H,3-4,9,18H2,1-2H3. The Morgan fingerprint density at radius 2 is 1.76 bits per heavy atom. The quantitative estimate of drug-likeness (QED) is 0.848. The number of aromatic nitrogens is 1. The second-order valence-electron chi connectivity index (χ2n) is 4.78. The summed E-state index contributed by atoms with van der Waals surface area (Å²) in [5, 5.41) is 0. The third-order valence-corrected chi connectivity index (χ3v) is 3.12. The van der Waals surface area contributed by atoms with Crippen molar-refractivity contribution in [3.8, 4) is 11.5 Å². The van der Waals surface area contributed by atoms with Gasteiger partial charge in [-0.3, -0.25) is 4.98 Å². The van der Waals surface area contributed by atoms with Gasteiger partial charge >= 0.3 is 0 Å². The molecule has 1 aromatic carbocycles. The van der Waals surface area contributed by atoms with Gasteiger partial charge in [-0.15, -0.1) is 0 Å². The maximum Gasteiger partial charge on any atom is 0.137 e. The fourth-order valence-electron chi connectivity index (χ4n) is 2.04. The smallest absolute Gasteiger partial charge is 0.137 e. The first-order chi connectivity index (χ1) is 10.2. The number of hydrogen-bond donors (Lipinski definition) is 1. The first-order valence-corrected chi connectivity index (χ1v) is 7.30. The topological polar surface area (TPSA) is 57.4 Å². The van der Waals surface area contributed by atoms with Crippen LogP contribution in [0, 0.1) is 0 Å². The summed E-state index contributed by atoms with van der Waals surface area (Å²) >= 11 is 0. The van der Waals surface area contributed by atoms with E-state index in [9.17, 15) is 0 Å². The van der Waals surface area contributed by atoms with E-state index >= 15 is 0 Å². The van der Waals surface area contributed by atoms with Crippen molar-refractivity contribution in [2.24, 2.45) is 5.73 Å². The van der Waals surface area contributed by atoms with E-state index in [2.05, 4.69) is 11.9 Å². The lowest BCUT2D eigenvalue weighted by Crippen LogP contribution is -2.12. The largest absolute Gasteiger partial charge is 0.494 e. The minimum absolute atomic E-state index is 0.224. The second-order valence-corrected chi connectivity index (χ2v) is 4.78. The summed E-state index contributed by atoms with van der Waals surface area (Å²) in [5.41, 5.74) is 8.26. The Hall–Kier alpha value is -2.07. The Balaban J connectivity index is 2.13. The fraction of sp³-hybridized carbons (Fsp3) is 0.353. The van der Waals surface area contributed by atoms with E-state index in [1.165, 1.54) is 0 Å². The zero-order chi connectivity index (χ0) is 15.1. The minimum atomic E-state index is -0.224. The fourth-order valence-corrected chi connectivity index (χ4v) is 2.04.